The zero-order valence-corrected chi connectivity index (χ0v) is 17.8. The molecular weight excluding hydrogens is 400 g/mol. The van der Waals surface area contributed by atoms with Gasteiger partial charge in [0.15, 0.2) is 0 Å². The van der Waals surface area contributed by atoms with Crippen LogP contribution in [0.4, 0.5) is 5.69 Å². The van der Waals surface area contributed by atoms with Crippen LogP contribution in [0.25, 0.3) is 11.0 Å². The molecule has 0 spiro atoms. The second-order valence-corrected chi connectivity index (χ2v) is 9.49. The van der Waals surface area contributed by atoms with Crippen molar-refractivity contribution < 1.29 is 13.2 Å². The van der Waals surface area contributed by atoms with Crippen LogP contribution in [0.15, 0.2) is 53.4 Å². The second-order valence-electron chi connectivity index (χ2n) is 7.60. The number of aromatic amines is 1. The van der Waals surface area contributed by atoms with Crippen molar-refractivity contribution in [2.24, 2.45) is 0 Å². The number of unbranched alkanes of at least 4 members (excludes halogenated alkanes) is 1. The molecule has 8 heteroatoms. The van der Waals surface area contributed by atoms with E-state index in [9.17, 15) is 13.2 Å². The highest BCUT2D eigenvalue weighted by atomic mass is 32.2. The molecule has 1 fully saturated rings. The van der Waals surface area contributed by atoms with Gasteiger partial charge in [0.05, 0.1) is 15.9 Å². The lowest BCUT2D eigenvalue weighted by Gasteiger charge is -2.23. The smallest absolute Gasteiger partial charge is 0.243 e. The minimum Gasteiger partial charge on any atom is -0.342 e. The Morgan fingerprint density at radius 2 is 2.03 bits per heavy atom. The number of imidazole rings is 1. The molecule has 0 saturated carbocycles. The van der Waals surface area contributed by atoms with Crippen LogP contribution in [-0.2, 0) is 21.2 Å². The van der Waals surface area contributed by atoms with E-state index in [1.807, 2.05) is 12.1 Å². The third-order valence-corrected chi connectivity index (χ3v) is 7.34. The zero-order valence-electron chi connectivity index (χ0n) is 17.0. The van der Waals surface area contributed by atoms with Crippen molar-refractivity contribution in [3.05, 3.63) is 54.4 Å². The lowest BCUT2D eigenvalue weighted by Crippen LogP contribution is -2.43. The number of carbonyl (C=O) groups is 1. The number of nitrogens with one attached hydrogen (secondary N) is 2. The average molecular weight is 427 g/mol. The summed E-state index contributed by atoms with van der Waals surface area (Å²) in [5.41, 5.74) is 2.34. The maximum atomic E-state index is 13.0. The Kier molecular flexibility index (Phi) is 5.87. The van der Waals surface area contributed by atoms with Crippen LogP contribution in [-0.4, -0.2) is 41.2 Å². The van der Waals surface area contributed by atoms with Crippen LogP contribution < -0.4 is 5.32 Å². The average Bonchev–Trinajstić information content (AvgIpc) is 3.40. The topological polar surface area (TPSA) is 95.2 Å². The van der Waals surface area contributed by atoms with E-state index < -0.39 is 16.1 Å². The van der Waals surface area contributed by atoms with Gasteiger partial charge in [0.25, 0.3) is 0 Å². The van der Waals surface area contributed by atoms with Gasteiger partial charge in [0.2, 0.25) is 15.9 Å². The largest absolute Gasteiger partial charge is 0.342 e. The molecule has 1 saturated heterocycles. The first kappa shape index (κ1) is 20.6. The molecule has 0 bridgehead atoms. The molecule has 1 unspecified atom stereocenters. The van der Waals surface area contributed by atoms with Crippen LogP contribution in [0.5, 0.6) is 0 Å². The summed E-state index contributed by atoms with van der Waals surface area (Å²) >= 11 is 0. The predicted octanol–water partition coefficient (Wildman–Crippen LogP) is 3.70. The van der Waals surface area contributed by atoms with E-state index in [2.05, 4.69) is 22.2 Å². The third kappa shape index (κ3) is 4.11. The highest BCUT2D eigenvalue weighted by Crippen LogP contribution is 2.27. The summed E-state index contributed by atoms with van der Waals surface area (Å²) in [6.45, 7) is 2.48. The molecule has 158 valence electrons. The molecule has 1 atom stereocenters. The normalized spacial score (nSPS) is 17.4. The number of hydrogen-bond donors (Lipinski definition) is 2. The molecule has 1 amide bonds. The van der Waals surface area contributed by atoms with Gasteiger partial charge in [-0.15, -0.1) is 0 Å². The third-order valence-electron chi connectivity index (χ3n) is 5.42. The molecule has 2 heterocycles. The predicted molar refractivity (Wildman–Crippen MR) is 117 cm³/mol. The number of benzene rings is 2. The van der Waals surface area contributed by atoms with E-state index in [4.69, 9.17) is 0 Å². The Hall–Kier alpha value is -2.71. The van der Waals surface area contributed by atoms with Gasteiger partial charge in [-0.25, -0.2) is 13.4 Å². The van der Waals surface area contributed by atoms with E-state index in [0.717, 1.165) is 36.1 Å². The van der Waals surface area contributed by atoms with Crippen molar-refractivity contribution >= 4 is 32.7 Å². The number of hydrogen-bond acceptors (Lipinski definition) is 4. The molecule has 2 N–H and O–H groups in total. The molecule has 0 radical (unpaired) electrons. The molecule has 2 aromatic carbocycles. The van der Waals surface area contributed by atoms with Crippen LogP contribution in [0.1, 0.15) is 38.4 Å². The number of fused-ring (bicyclic) bond motifs is 1. The number of rotatable bonds is 7. The monoisotopic (exact) mass is 426 g/mol. The number of H-pyrrole nitrogens is 1. The fourth-order valence-electron chi connectivity index (χ4n) is 3.85. The Morgan fingerprint density at radius 1 is 1.23 bits per heavy atom. The van der Waals surface area contributed by atoms with E-state index in [-0.39, 0.29) is 10.8 Å². The molecular formula is C22H26N4O3S. The van der Waals surface area contributed by atoms with Crippen molar-refractivity contribution in [3.63, 3.8) is 0 Å². The number of aromatic nitrogens is 2. The number of amides is 1. The molecule has 1 aliphatic rings. The van der Waals surface area contributed by atoms with Crippen molar-refractivity contribution in [2.45, 2.75) is 50.0 Å². The van der Waals surface area contributed by atoms with Gasteiger partial charge in [-0.05, 0) is 49.6 Å². The van der Waals surface area contributed by atoms with Crippen LogP contribution in [0, 0.1) is 0 Å². The van der Waals surface area contributed by atoms with Gasteiger partial charge in [0, 0.05) is 18.7 Å². The van der Waals surface area contributed by atoms with E-state index in [1.165, 1.54) is 4.31 Å². The lowest BCUT2D eigenvalue weighted by atomic mass is 10.2. The minimum absolute atomic E-state index is 0.211. The number of anilines is 1. The maximum Gasteiger partial charge on any atom is 0.243 e. The van der Waals surface area contributed by atoms with Crippen molar-refractivity contribution in [1.29, 1.82) is 0 Å². The number of aryl methyl sites for hydroxylation is 1. The fourth-order valence-corrected chi connectivity index (χ4v) is 5.52. The molecule has 4 rings (SSSR count). The van der Waals surface area contributed by atoms with E-state index in [1.54, 1.807) is 36.4 Å². The first-order chi connectivity index (χ1) is 14.5. The van der Waals surface area contributed by atoms with Gasteiger partial charge in [-0.3, -0.25) is 4.79 Å². The van der Waals surface area contributed by atoms with Crippen LogP contribution >= 0.6 is 0 Å². The number of nitrogens with zero attached hydrogens (tertiary/aromatic N) is 2. The molecule has 0 aliphatic carbocycles. The summed E-state index contributed by atoms with van der Waals surface area (Å²) in [6, 6.07) is 13.1. The summed E-state index contributed by atoms with van der Waals surface area (Å²) < 4.78 is 27.3. The highest BCUT2D eigenvalue weighted by molar-refractivity contribution is 7.89. The minimum atomic E-state index is -3.71. The Morgan fingerprint density at radius 3 is 2.80 bits per heavy atom. The van der Waals surface area contributed by atoms with Crippen molar-refractivity contribution in [3.8, 4) is 0 Å². The standard InChI is InChI=1S/C22H26N4O3S/c1-2-3-11-21-24-18-13-12-16(15-19(18)25-21)23-22(27)20-10-7-14-26(20)30(28,29)17-8-5-4-6-9-17/h4-6,8-9,12-13,15,20H,2-3,7,10-11,14H2,1H3,(H,23,27)(H,24,25). The zero-order chi connectivity index (χ0) is 21.1. The molecule has 1 aliphatic heterocycles. The Labute approximate surface area is 176 Å². The molecule has 7 nitrogen and oxygen atoms in total. The first-order valence-corrected chi connectivity index (χ1v) is 11.8. The lowest BCUT2D eigenvalue weighted by molar-refractivity contribution is -0.119. The SMILES string of the molecule is CCCCc1nc2ccc(NC(=O)C3CCCN3S(=O)(=O)c3ccccc3)cc2[nH]1. The van der Waals surface area contributed by atoms with Crippen molar-refractivity contribution in [1.82, 2.24) is 14.3 Å². The van der Waals surface area contributed by atoms with Crippen LogP contribution in [0.3, 0.4) is 0 Å². The summed E-state index contributed by atoms with van der Waals surface area (Å²) in [6.07, 6.45) is 4.22. The maximum absolute atomic E-state index is 13.0. The quantitative estimate of drug-likeness (QED) is 0.602. The Balaban J connectivity index is 1.51. The summed E-state index contributed by atoms with van der Waals surface area (Å²) in [4.78, 5) is 21.0. The first-order valence-electron chi connectivity index (χ1n) is 10.4. The highest BCUT2D eigenvalue weighted by Gasteiger charge is 2.39. The van der Waals surface area contributed by atoms with Crippen LogP contribution in [0.2, 0.25) is 0 Å². The fraction of sp³-hybridized carbons (Fsp3) is 0.364. The van der Waals surface area contributed by atoms with Gasteiger partial charge in [-0.1, -0.05) is 31.5 Å². The number of sulfonamides is 1. The van der Waals surface area contributed by atoms with E-state index >= 15 is 0 Å². The summed E-state index contributed by atoms with van der Waals surface area (Å²) in [5, 5.41) is 2.89. The van der Waals surface area contributed by atoms with Gasteiger partial charge in [0.1, 0.15) is 11.9 Å². The summed E-state index contributed by atoms with van der Waals surface area (Å²) in [7, 11) is -3.71. The molecule has 30 heavy (non-hydrogen) atoms. The summed E-state index contributed by atoms with van der Waals surface area (Å²) in [5.74, 6) is 0.628. The van der Waals surface area contributed by atoms with E-state index in [0.29, 0.717) is 25.1 Å². The number of carbonyl (C=O) groups excluding carboxylic acids is 1. The molecule has 3 aromatic rings. The Bertz CT molecular complexity index is 1140. The van der Waals surface area contributed by atoms with Gasteiger partial charge >= 0.3 is 0 Å². The van der Waals surface area contributed by atoms with Gasteiger partial charge in [-0.2, -0.15) is 4.31 Å². The van der Waals surface area contributed by atoms with Gasteiger partial charge < -0.3 is 10.3 Å². The molecule has 1 aromatic heterocycles. The van der Waals surface area contributed by atoms with Crippen molar-refractivity contribution in [2.75, 3.05) is 11.9 Å². The second kappa shape index (κ2) is 8.57.